The lowest BCUT2D eigenvalue weighted by atomic mass is 9.44. The first kappa shape index (κ1) is 18.9. The van der Waals surface area contributed by atoms with E-state index in [-0.39, 0.29) is 23.7 Å². The molecule has 4 aliphatic rings. The molecule has 1 aliphatic heterocycles. The Morgan fingerprint density at radius 3 is 2.33 bits per heavy atom. The molecule has 7 unspecified atom stereocenters. The number of aliphatic carboxylic acids is 1. The van der Waals surface area contributed by atoms with Crippen molar-refractivity contribution in [1.82, 2.24) is 0 Å². The fourth-order valence-corrected chi connectivity index (χ4v) is 7.06. The summed E-state index contributed by atoms with van der Waals surface area (Å²) in [5.74, 6) is -1.66. The van der Waals surface area contributed by atoms with E-state index < -0.39 is 28.0 Å². The standard InChI is InChI=1S/C21H30O6/c1-18-7-4-14-15(5-8-19(2,25)20(14,3)17(23)24)21(18,26)9-6-13(18)12-10-16(22)27-11-12/h10,13-15,25-26H,4-9,11H2,1-3H3,(H,23,24). The highest BCUT2D eigenvalue weighted by Crippen LogP contribution is 2.68. The highest BCUT2D eigenvalue weighted by molar-refractivity contribution is 5.85. The molecule has 0 radical (unpaired) electrons. The number of carboxylic acids is 1. The molecule has 150 valence electrons. The zero-order valence-electron chi connectivity index (χ0n) is 16.3. The van der Waals surface area contributed by atoms with Gasteiger partial charge in [-0.25, -0.2) is 4.79 Å². The topological polar surface area (TPSA) is 104 Å². The van der Waals surface area contributed by atoms with Crippen molar-refractivity contribution in [3.8, 4) is 0 Å². The predicted octanol–water partition coefficient (Wildman–Crippen LogP) is 2.28. The lowest BCUT2D eigenvalue weighted by molar-refractivity contribution is -0.236. The molecular weight excluding hydrogens is 348 g/mol. The maximum Gasteiger partial charge on any atom is 0.331 e. The van der Waals surface area contributed by atoms with Gasteiger partial charge in [-0.3, -0.25) is 4.79 Å². The molecule has 0 aromatic carbocycles. The van der Waals surface area contributed by atoms with Gasteiger partial charge in [0.25, 0.3) is 0 Å². The lowest BCUT2D eigenvalue weighted by Crippen LogP contribution is -2.67. The second-order valence-corrected chi connectivity index (χ2v) is 9.83. The molecule has 6 nitrogen and oxygen atoms in total. The Labute approximate surface area is 159 Å². The number of fused-ring (bicyclic) bond motifs is 3. The van der Waals surface area contributed by atoms with Crippen LogP contribution in [0.1, 0.15) is 59.3 Å². The third-order valence-electron chi connectivity index (χ3n) is 9.02. The maximum absolute atomic E-state index is 12.2. The number of hydrogen-bond acceptors (Lipinski definition) is 5. The van der Waals surface area contributed by atoms with Crippen LogP contribution in [0.5, 0.6) is 0 Å². The van der Waals surface area contributed by atoms with E-state index in [0.29, 0.717) is 38.7 Å². The van der Waals surface area contributed by atoms with Crippen molar-refractivity contribution in [2.45, 2.75) is 70.5 Å². The van der Waals surface area contributed by atoms with Crippen LogP contribution >= 0.6 is 0 Å². The molecule has 0 aromatic heterocycles. The van der Waals surface area contributed by atoms with Gasteiger partial charge in [0, 0.05) is 11.5 Å². The van der Waals surface area contributed by atoms with Crippen LogP contribution in [0.25, 0.3) is 0 Å². The Balaban J connectivity index is 1.73. The minimum atomic E-state index is -1.30. The van der Waals surface area contributed by atoms with E-state index >= 15 is 0 Å². The monoisotopic (exact) mass is 378 g/mol. The summed E-state index contributed by atoms with van der Waals surface area (Å²) in [6, 6.07) is 0. The first-order chi connectivity index (χ1) is 12.5. The van der Waals surface area contributed by atoms with Gasteiger partial charge in [-0.1, -0.05) is 6.92 Å². The van der Waals surface area contributed by atoms with Crippen molar-refractivity contribution in [2.75, 3.05) is 6.61 Å². The molecule has 7 atom stereocenters. The Morgan fingerprint density at radius 1 is 1.07 bits per heavy atom. The molecule has 0 saturated heterocycles. The fraction of sp³-hybridized carbons (Fsp3) is 0.810. The van der Waals surface area contributed by atoms with E-state index in [4.69, 9.17) is 4.74 Å². The van der Waals surface area contributed by atoms with Crippen LogP contribution in [-0.2, 0) is 14.3 Å². The second-order valence-electron chi connectivity index (χ2n) is 9.83. The molecule has 1 heterocycles. The number of rotatable bonds is 2. The summed E-state index contributed by atoms with van der Waals surface area (Å²) in [4.78, 5) is 23.8. The minimum Gasteiger partial charge on any atom is -0.481 e. The summed E-state index contributed by atoms with van der Waals surface area (Å²) in [7, 11) is 0. The van der Waals surface area contributed by atoms with Crippen LogP contribution < -0.4 is 0 Å². The minimum absolute atomic E-state index is 0.0772. The van der Waals surface area contributed by atoms with E-state index in [2.05, 4.69) is 6.92 Å². The van der Waals surface area contributed by atoms with Crippen molar-refractivity contribution in [1.29, 1.82) is 0 Å². The van der Waals surface area contributed by atoms with Crippen LogP contribution in [0, 0.1) is 28.6 Å². The van der Waals surface area contributed by atoms with E-state index in [1.54, 1.807) is 19.9 Å². The lowest BCUT2D eigenvalue weighted by Gasteiger charge is -2.62. The first-order valence-electron chi connectivity index (χ1n) is 10.0. The highest BCUT2D eigenvalue weighted by Gasteiger charge is 2.70. The Bertz CT molecular complexity index is 726. The molecule has 3 fully saturated rings. The molecule has 3 N–H and O–H groups in total. The molecule has 0 amide bonds. The Kier molecular flexibility index (Phi) is 3.91. The summed E-state index contributed by atoms with van der Waals surface area (Å²) >= 11 is 0. The number of hydrogen-bond donors (Lipinski definition) is 3. The van der Waals surface area contributed by atoms with Crippen molar-refractivity contribution >= 4 is 11.9 Å². The van der Waals surface area contributed by atoms with E-state index in [1.165, 1.54) is 0 Å². The number of ether oxygens (including phenoxy) is 1. The van der Waals surface area contributed by atoms with Crippen molar-refractivity contribution in [3.05, 3.63) is 11.6 Å². The van der Waals surface area contributed by atoms with Gasteiger partial charge in [-0.2, -0.15) is 0 Å². The van der Waals surface area contributed by atoms with E-state index in [9.17, 15) is 24.9 Å². The van der Waals surface area contributed by atoms with Gasteiger partial charge in [-0.05, 0) is 75.7 Å². The molecular formula is C21H30O6. The molecule has 27 heavy (non-hydrogen) atoms. The van der Waals surface area contributed by atoms with Gasteiger partial charge < -0.3 is 20.1 Å². The number of carbonyl (C=O) groups is 2. The first-order valence-corrected chi connectivity index (χ1v) is 10.0. The second kappa shape index (κ2) is 5.57. The zero-order chi connectivity index (χ0) is 19.8. The Morgan fingerprint density at radius 2 is 1.74 bits per heavy atom. The zero-order valence-corrected chi connectivity index (χ0v) is 16.3. The molecule has 4 rings (SSSR count). The van der Waals surface area contributed by atoms with Crippen molar-refractivity contribution < 1.29 is 29.6 Å². The summed E-state index contributed by atoms with van der Waals surface area (Å²) in [5.41, 5.74) is -3.01. The van der Waals surface area contributed by atoms with Crippen LogP contribution in [-0.4, -0.2) is 45.1 Å². The normalized spacial score (nSPS) is 52.0. The highest BCUT2D eigenvalue weighted by atomic mass is 16.5. The van der Waals surface area contributed by atoms with Crippen molar-refractivity contribution in [2.24, 2.45) is 28.6 Å². The summed E-state index contributed by atoms with van der Waals surface area (Å²) < 4.78 is 5.11. The third-order valence-corrected chi connectivity index (χ3v) is 9.02. The summed E-state index contributed by atoms with van der Waals surface area (Å²) in [5, 5.41) is 32.8. The molecule has 0 aromatic rings. The Hall–Kier alpha value is -1.40. The van der Waals surface area contributed by atoms with Crippen LogP contribution in [0.15, 0.2) is 11.6 Å². The fourth-order valence-electron chi connectivity index (χ4n) is 7.06. The quantitative estimate of drug-likeness (QED) is 0.637. The summed E-state index contributed by atoms with van der Waals surface area (Å²) in [6.07, 6.45) is 5.26. The van der Waals surface area contributed by atoms with Gasteiger partial charge >= 0.3 is 11.9 Å². The van der Waals surface area contributed by atoms with Gasteiger partial charge in [0.1, 0.15) is 6.61 Å². The molecule has 6 heteroatoms. The van der Waals surface area contributed by atoms with E-state index in [0.717, 1.165) is 12.0 Å². The largest absolute Gasteiger partial charge is 0.481 e. The molecule has 0 bridgehead atoms. The third kappa shape index (κ3) is 2.20. The van der Waals surface area contributed by atoms with Gasteiger partial charge in [0.05, 0.1) is 16.6 Å². The van der Waals surface area contributed by atoms with Crippen molar-refractivity contribution in [3.63, 3.8) is 0 Å². The smallest absolute Gasteiger partial charge is 0.331 e. The van der Waals surface area contributed by atoms with Gasteiger partial charge in [0.15, 0.2) is 0 Å². The number of aliphatic hydroxyl groups is 2. The average molecular weight is 378 g/mol. The maximum atomic E-state index is 12.2. The van der Waals surface area contributed by atoms with Gasteiger partial charge in [0.2, 0.25) is 0 Å². The average Bonchev–Trinajstić information content (AvgIpc) is 3.11. The summed E-state index contributed by atoms with van der Waals surface area (Å²) in [6.45, 7) is 5.66. The van der Waals surface area contributed by atoms with E-state index in [1.807, 2.05) is 0 Å². The van der Waals surface area contributed by atoms with Gasteiger partial charge in [-0.15, -0.1) is 0 Å². The molecule has 0 spiro atoms. The number of carbonyl (C=O) groups excluding carboxylic acids is 1. The predicted molar refractivity (Wildman–Crippen MR) is 96.6 cm³/mol. The molecule has 3 saturated carbocycles. The SMILES string of the molecule is CC1(O)CCC2C(CCC3(C)C(C4=CC(=O)OC4)CCC23O)C1(C)C(=O)O. The molecule has 3 aliphatic carbocycles. The van der Waals surface area contributed by atoms with Crippen LogP contribution in [0.4, 0.5) is 0 Å². The number of carboxylic acid groups (broad SMARTS) is 1. The van der Waals surface area contributed by atoms with Crippen LogP contribution in [0.2, 0.25) is 0 Å². The number of esters is 1. The number of cyclic esters (lactones) is 1. The van der Waals surface area contributed by atoms with Crippen LogP contribution in [0.3, 0.4) is 0 Å².